The van der Waals surface area contributed by atoms with Gasteiger partial charge in [-0.25, -0.2) is 9.37 Å². The van der Waals surface area contributed by atoms with E-state index in [1.165, 1.54) is 24.7 Å². The number of carbonyl (C=O) groups excluding carboxylic acids is 1. The van der Waals surface area contributed by atoms with Crippen LogP contribution >= 0.6 is 24.8 Å². The zero-order valence-corrected chi connectivity index (χ0v) is 15.1. The van der Waals surface area contributed by atoms with Gasteiger partial charge in [-0.2, -0.15) is 0 Å². The van der Waals surface area contributed by atoms with Gasteiger partial charge in [0.2, 0.25) is 0 Å². The smallest absolute Gasteiger partial charge is 0.270 e. The molecule has 0 fully saturated rings. The van der Waals surface area contributed by atoms with E-state index in [9.17, 15) is 9.18 Å². The molecular weight excluding hydrogens is 354 g/mol. The molecule has 0 saturated carbocycles. The highest BCUT2D eigenvalue weighted by Gasteiger charge is 2.16. The number of hydrogen-bond acceptors (Lipinski definition) is 3. The fraction of sp³-hybridized carbons (Fsp3) is 0.375. The van der Waals surface area contributed by atoms with Crippen LogP contribution in [0.25, 0.3) is 5.69 Å². The van der Waals surface area contributed by atoms with Crippen molar-refractivity contribution in [3.05, 3.63) is 48.3 Å². The van der Waals surface area contributed by atoms with Crippen LogP contribution in [0.3, 0.4) is 0 Å². The van der Waals surface area contributed by atoms with Crippen molar-refractivity contribution in [1.82, 2.24) is 14.9 Å². The molecule has 0 radical (unpaired) electrons. The molecule has 0 bridgehead atoms. The Kier molecular flexibility index (Phi) is 10.3. The topological polar surface area (TPSA) is 72.9 Å². The second kappa shape index (κ2) is 11.0. The third-order valence-corrected chi connectivity index (χ3v) is 3.50. The lowest BCUT2D eigenvalue weighted by Gasteiger charge is -2.17. The van der Waals surface area contributed by atoms with Gasteiger partial charge in [-0.05, 0) is 30.7 Å². The molecule has 5 nitrogen and oxygen atoms in total. The Morgan fingerprint density at radius 3 is 2.58 bits per heavy atom. The second-order valence-corrected chi connectivity index (χ2v) is 5.17. The van der Waals surface area contributed by atoms with Crippen molar-refractivity contribution in [2.75, 3.05) is 6.54 Å². The standard InChI is InChI=1S/C16H21FN4O.2ClH/c1-2-3-4-13(9-18)20-16(22)15-10-19-11-21(15)14-7-5-12(17)6-8-14;;/h5-8,10-11,13H,2-4,9,18H2,1H3,(H,20,22);2*1H. The third-order valence-electron chi connectivity index (χ3n) is 3.50. The highest BCUT2D eigenvalue weighted by molar-refractivity contribution is 5.93. The monoisotopic (exact) mass is 376 g/mol. The Bertz CT molecular complexity index is 619. The lowest BCUT2D eigenvalue weighted by atomic mass is 10.1. The zero-order chi connectivity index (χ0) is 15.9. The third kappa shape index (κ3) is 5.78. The largest absolute Gasteiger partial charge is 0.347 e. The number of benzene rings is 1. The molecule has 8 heteroatoms. The summed E-state index contributed by atoms with van der Waals surface area (Å²) in [6.07, 6.45) is 5.94. The maximum absolute atomic E-state index is 13.0. The minimum atomic E-state index is -0.322. The number of hydrogen-bond donors (Lipinski definition) is 2. The zero-order valence-electron chi connectivity index (χ0n) is 13.4. The molecule has 0 aliphatic carbocycles. The molecule has 2 rings (SSSR count). The first-order chi connectivity index (χ1) is 10.7. The molecule has 1 unspecified atom stereocenters. The maximum Gasteiger partial charge on any atom is 0.270 e. The van der Waals surface area contributed by atoms with Gasteiger partial charge in [0, 0.05) is 18.3 Å². The van der Waals surface area contributed by atoms with E-state index in [-0.39, 0.29) is 42.6 Å². The summed E-state index contributed by atoms with van der Waals surface area (Å²) in [4.78, 5) is 16.4. The number of nitrogens with two attached hydrogens (primary N) is 1. The molecule has 134 valence electrons. The number of unbranched alkanes of at least 4 members (excludes halogenated alkanes) is 1. The van der Waals surface area contributed by atoms with Crippen molar-refractivity contribution in [2.45, 2.75) is 32.2 Å². The molecule has 1 amide bonds. The lowest BCUT2D eigenvalue weighted by molar-refractivity contribution is 0.0929. The summed E-state index contributed by atoms with van der Waals surface area (Å²) >= 11 is 0. The van der Waals surface area contributed by atoms with E-state index in [4.69, 9.17) is 5.73 Å². The van der Waals surface area contributed by atoms with Gasteiger partial charge in [0.1, 0.15) is 11.5 Å². The fourth-order valence-electron chi connectivity index (χ4n) is 2.23. The van der Waals surface area contributed by atoms with Crippen LogP contribution < -0.4 is 11.1 Å². The van der Waals surface area contributed by atoms with Gasteiger partial charge in [-0.1, -0.05) is 19.8 Å². The Labute approximate surface area is 153 Å². The number of aromatic nitrogens is 2. The summed E-state index contributed by atoms with van der Waals surface area (Å²) < 4.78 is 14.6. The second-order valence-electron chi connectivity index (χ2n) is 5.17. The number of nitrogens with one attached hydrogen (secondary N) is 1. The number of nitrogens with zero attached hydrogens (tertiary/aromatic N) is 2. The maximum atomic E-state index is 13.0. The normalized spacial score (nSPS) is 11.1. The van der Waals surface area contributed by atoms with Gasteiger partial charge in [0.15, 0.2) is 0 Å². The molecule has 1 aromatic heterocycles. The van der Waals surface area contributed by atoms with Crippen LogP contribution in [0.4, 0.5) is 4.39 Å². The molecule has 1 aromatic carbocycles. The first kappa shape index (κ1) is 22.4. The van der Waals surface area contributed by atoms with Gasteiger partial charge < -0.3 is 11.1 Å². The van der Waals surface area contributed by atoms with Crippen LogP contribution in [0.5, 0.6) is 0 Å². The molecule has 1 heterocycles. The fourth-order valence-corrected chi connectivity index (χ4v) is 2.23. The van der Waals surface area contributed by atoms with Gasteiger partial charge in [0.05, 0.1) is 12.5 Å². The summed E-state index contributed by atoms with van der Waals surface area (Å²) in [5.41, 5.74) is 6.79. The van der Waals surface area contributed by atoms with Crippen LogP contribution in [0.15, 0.2) is 36.8 Å². The first-order valence-corrected chi connectivity index (χ1v) is 7.45. The Balaban J connectivity index is 0.00000264. The Morgan fingerprint density at radius 2 is 2.00 bits per heavy atom. The quantitative estimate of drug-likeness (QED) is 0.779. The number of carbonyl (C=O) groups is 1. The lowest BCUT2D eigenvalue weighted by Crippen LogP contribution is -2.40. The molecule has 1 atom stereocenters. The summed E-state index contributed by atoms with van der Waals surface area (Å²) in [6, 6.07) is 5.85. The van der Waals surface area contributed by atoms with Crippen molar-refractivity contribution in [1.29, 1.82) is 0 Å². The number of halogens is 3. The van der Waals surface area contributed by atoms with Gasteiger partial charge in [0.25, 0.3) is 5.91 Å². The molecule has 3 N–H and O–H groups in total. The minimum Gasteiger partial charge on any atom is -0.347 e. The summed E-state index contributed by atoms with van der Waals surface area (Å²) in [5.74, 6) is -0.550. The molecule has 2 aromatic rings. The molecule has 24 heavy (non-hydrogen) atoms. The number of rotatable bonds is 7. The van der Waals surface area contributed by atoms with E-state index in [0.29, 0.717) is 17.9 Å². The van der Waals surface area contributed by atoms with Crippen LogP contribution in [0.2, 0.25) is 0 Å². The van der Waals surface area contributed by atoms with Gasteiger partial charge in [-0.3, -0.25) is 9.36 Å². The van der Waals surface area contributed by atoms with E-state index < -0.39 is 0 Å². The molecule has 0 aliphatic heterocycles. The summed E-state index contributed by atoms with van der Waals surface area (Å²) in [5, 5.41) is 2.93. The number of imidazole rings is 1. The van der Waals surface area contributed by atoms with Crippen molar-refractivity contribution in [2.24, 2.45) is 5.73 Å². The highest BCUT2D eigenvalue weighted by atomic mass is 35.5. The highest BCUT2D eigenvalue weighted by Crippen LogP contribution is 2.12. The molecule has 0 spiro atoms. The minimum absolute atomic E-state index is 0. The van der Waals surface area contributed by atoms with Gasteiger partial charge in [-0.15, -0.1) is 24.8 Å². The van der Waals surface area contributed by atoms with Crippen molar-refractivity contribution >= 4 is 30.7 Å². The van der Waals surface area contributed by atoms with Crippen LogP contribution in [0, 0.1) is 5.82 Å². The van der Waals surface area contributed by atoms with Gasteiger partial charge >= 0.3 is 0 Å². The Hall–Kier alpha value is -1.63. The average Bonchev–Trinajstić information content (AvgIpc) is 3.01. The van der Waals surface area contributed by atoms with E-state index in [1.54, 1.807) is 16.7 Å². The number of amides is 1. The van der Waals surface area contributed by atoms with Crippen LogP contribution in [0.1, 0.15) is 36.7 Å². The first-order valence-electron chi connectivity index (χ1n) is 7.45. The van der Waals surface area contributed by atoms with Crippen molar-refractivity contribution < 1.29 is 9.18 Å². The van der Waals surface area contributed by atoms with E-state index in [2.05, 4.69) is 17.2 Å². The molecule has 0 aliphatic rings. The summed E-state index contributed by atoms with van der Waals surface area (Å²) in [6.45, 7) is 2.50. The predicted octanol–water partition coefficient (Wildman–Crippen LogP) is 3.10. The van der Waals surface area contributed by atoms with E-state index in [0.717, 1.165) is 19.3 Å². The molecular formula is C16H23Cl2FN4O. The predicted molar refractivity (Wildman–Crippen MR) is 97.9 cm³/mol. The van der Waals surface area contributed by atoms with Crippen molar-refractivity contribution in [3.8, 4) is 5.69 Å². The SMILES string of the molecule is CCCCC(CN)NC(=O)c1cncn1-c1ccc(F)cc1.Cl.Cl. The Morgan fingerprint density at radius 1 is 1.33 bits per heavy atom. The van der Waals surface area contributed by atoms with Crippen LogP contribution in [-0.4, -0.2) is 28.0 Å². The average molecular weight is 377 g/mol. The van der Waals surface area contributed by atoms with E-state index >= 15 is 0 Å². The van der Waals surface area contributed by atoms with E-state index in [1.807, 2.05) is 0 Å². The summed E-state index contributed by atoms with van der Waals surface area (Å²) in [7, 11) is 0. The molecule has 0 saturated heterocycles. The van der Waals surface area contributed by atoms with Crippen molar-refractivity contribution in [3.63, 3.8) is 0 Å². The van der Waals surface area contributed by atoms with Crippen LogP contribution in [-0.2, 0) is 0 Å².